The van der Waals surface area contributed by atoms with E-state index in [0.717, 1.165) is 49.8 Å². The largest absolute Gasteiger partial charge is 0.508 e. The number of aliphatic carboxylic acids is 1. The molecule has 2 aliphatic carbocycles. The van der Waals surface area contributed by atoms with Crippen molar-refractivity contribution in [3.05, 3.63) is 63.1 Å². The van der Waals surface area contributed by atoms with Crippen molar-refractivity contribution in [2.45, 2.75) is 70.4 Å². The molecule has 1 atom stereocenters. The number of pyridine rings is 1. The lowest BCUT2D eigenvalue weighted by atomic mass is 9.88. The predicted molar refractivity (Wildman–Crippen MR) is 120 cm³/mol. The summed E-state index contributed by atoms with van der Waals surface area (Å²) in [6, 6.07) is 6.20. The minimum absolute atomic E-state index is 0.0198. The van der Waals surface area contributed by atoms with Crippen LogP contribution in [-0.2, 0) is 24.2 Å². The molecule has 0 aliphatic heterocycles. The number of rotatable bonds is 6. The summed E-state index contributed by atoms with van der Waals surface area (Å²) in [6.45, 7) is 0.655. The maximum Gasteiger partial charge on any atom is 0.378 e. The fourth-order valence-electron chi connectivity index (χ4n) is 5.04. The van der Waals surface area contributed by atoms with Gasteiger partial charge in [0.15, 0.2) is 5.56 Å². The first kappa shape index (κ1) is 22.1. The van der Waals surface area contributed by atoms with E-state index in [9.17, 15) is 24.9 Å². The lowest BCUT2D eigenvalue weighted by Gasteiger charge is -2.27. The number of carboxylic acids is 1. The van der Waals surface area contributed by atoms with E-state index in [1.165, 1.54) is 43.5 Å². The molecule has 7 heteroatoms. The summed E-state index contributed by atoms with van der Waals surface area (Å²) in [5.41, 5.74) is 2.34. The van der Waals surface area contributed by atoms with E-state index in [1.807, 2.05) is 4.57 Å². The highest BCUT2D eigenvalue weighted by Crippen LogP contribution is 2.27. The quantitative estimate of drug-likeness (QED) is 0.407. The highest BCUT2D eigenvalue weighted by atomic mass is 16.4. The average molecular weight is 440 g/mol. The molecule has 0 saturated heterocycles. The Hall–Kier alpha value is -3.09. The molecule has 2 aliphatic rings. The molecule has 0 spiro atoms. The minimum Gasteiger partial charge on any atom is -0.508 e. The lowest BCUT2D eigenvalue weighted by molar-refractivity contribution is -0.504. The third-order valence-corrected chi connectivity index (χ3v) is 6.78. The van der Waals surface area contributed by atoms with E-state index < -0.39 is 17.9 Å². The van der Waals surface area contributed by atoms with Crippen LogP contribution in [0.5, 0.6) is 5.75 Å². The van der Waals surface area contributed by atoms with E-state index in [4.69, 9.17) is 0 Å². The summed E-state index contributed by atoms with van der Waals surface area (Å²) in [6.07, 6.45) is 9.64. The zero-order valence-electron chi connectivity index (χ0n) is 18.2. The Labute approximate surface area is 187 Å². The molecule has 1 saturated carbocycles. The standard InChI is InChI=1S/C25H30N2O5/c28-19-12-10-17(11-13-19)22(25(31)32)26-23(29)20-14-18-8-4-5-9-21(18)27(24(20)30)15-16-6-2-1-3-7-16/h10-14,16,22,28H,1-9,15H2,(H,26,29)(H,31,32)/p+1/t22-/m1/s1. The molecule has 1 fully saturated rings. The van der Waals surface area contributed by atoms with Gasteiger partial charge in [-0.1, -0.05) is 19.3 Å². The number of aryl methyl sites for hydroxylation is 1. The number of phenolic OH excluding ortho intramolecular Hbond substituents is 1. The van der Waals surface area contributed by atoms with Crippen molar-refractivity contribution in [2.75, 3.05) is 0 Å². The highest BCUT2D eigenvalue weighted by molar-refractivity contribution is 5.88. The van der Waals surface area contributed by atoms with E-state index in [0.29, 0.717) is 18.0 Å². The van der Waals surface area contributed by atoms with Gasteiger partial charge in [-0.05, 0) is 80.3 Å². The zero-order valence-corrected chi connectivity index (χ0v) is 18.2. The van der Waals surface area contributed by atoms with E-state index in [2.05, 4.69) is 4.99 Å². The summed E-state index contributed by atoms with van der Waals surface area (Å²) in [5, 5.41) is 30.0. The van der Waals surface area contributed by atoms with Gasteiger partial charge in [-0.3, -0.25) is 4.79 Å². The Morgan fingerprint density at radius 2 is 1.72 bits per heavy atom. The average Bonchev–Trinajstić information content (AvgIpc) is 2.80. The number of carboxylic acid groups (broad SMARTS) is 1. The molecule has 4 rings (SSSR count). The number of carbonyl (C=O) groups is 1. The van der Waals surface area contributed by atoms with Crippen LogP contribution in [0.2, 0.25) is 0 Å². The van der Waals surface area contributed by atoms with Crippen LogP contribution in [0, 0.1) is 5.92 Å². The van der Waals surface area contributed by atoms with Crippen molar-refractivity contribution in [3.8, 4) is 5.75 Å². The number of nitrogens with one attached hydrogen (secondary N) is 1. The van der Waals surface area contributed by atoms with Crippen LogP contribution in [0.15, 0.2) is 35.1 Å². The number of aliphatic hydroxyl groups is 1. The first-order chi connectivity index (χ1) is 15.4. The van der Waals surface area contributed by atoms with Gasteiger partial charge in [0.05, 0.1) is 0 Å². The summed E-state index contributed by atoms with van der Waals surface area (Å²) < 4.78 is 1.84. The first-order valence-corrected chi connectivity index (χ1v) is 11.5. The Bertz CT molecular complexity index is 1060. The Morgan fingerprint density at radius 3 is 2.41 bits per heavy atom. The summed E-state index contributed by atoms with van der Waals surface area (Å²) in [4.78, 5) is 27.9. The van der Waals surface area contributed by atoms with Gasteiger partial charge in [-0.15, -0.1) is 0 Å². The van der Waals surface area contributed by atoms with Crippen LogP contribution >= 0.6 is 0 Å². The molecule has 0 amide bonds. The highest BCUT2D eigenvalue weighted by Gasteiger charge is 2.29. The Balaban J connectivity index is 1.74. The fraction of sp³-hybridized carbons (Fsp3) is 0.480. The normalized spacial score (nSPS) is 18.2. The molecule has 0 unspecified atom stereocenters. The van der Waals surface area contributed by atoms with Gasteiger partial charge in [-0.25, -0.2) is 4.79 Å². The predicted octanol–water partition coefficient (Wildman–Crippen LogP) is 2.22. The molecule has 7 nitrogen and oxygen atoms in total. The van der Waals surface area contributed by atoms with Crippen molar-refractivity contribution < 1.29 is 25.1 Å². The van der Waals surface area contributed by atoms with Gasteiger partial charge in [-0.2, -0.15) is 4.99 Å². The van der Waals surface area contributed by atoms with Crippen LogP contribution in [0.4, 0.5) is 0 Å². The molecule has 0 bridgehead atoms. The van der Waals surface area contributed by atoms with Crippen molar-refractivity contribution >= 4 is 11.9 Å². The van der Waals surface area contributed by atoms with Crippen LogP contribution in [0.3, 0.4) is 0 Å². The van der Waals surface area contributed by atoms with Gasteiger partial charge in [0, 0.05) is 17.8 Å². The smallest absolute Gasteiger partial charge is 0.378 e. The van der Waals surface area contributed by atoms with Gasteiger partial charge >= 0.3 is 11.9 Å². The van der Waals surface area contributed by atoms with Crippen molar-refractivity contribution in [2.24, 2.45) is 5.92 Å². The number of aromatic nitrogens is 1. The maximum atomic E-state index is 13.5. The molecule has 32 heavy (non-hydrogen) atoms. The molecule has 1 heterocycles. The number of nitrogens with zero attached hydrogens (tertiary/aromatic N) is 1. The number of aromatic hydroxyl groups is 1. The fourth-order valence-corrected chi connectivity index (χ4v) is 5.04. The molecule has 0 radical (unpaired) electrons. The second-order valence-electron chi connectivity index (χ2n) is 9.01. The monoisotopic (exact) mass is 439 g/mol. The first-order valence-electron chi connectivity index (χ1n) is 11.5. The minimum atomic E-state index is -1.25. The zero-order chi connectivity index (χ0) is 22.7. The third kappa shape index (κ3) is 4.71. The Morgan fingerprint density at radius 1 is 1.03 bits per heavy atom. The maximum absolute atomic E-state index is 13.5. The molecule has 170 valence electrons. The molecular formula is C25H31N2O5+. The Kier molecular flexibility index (Phi) is 6.63. The van der Waals surface area contributed by atoms with E-state index in [1.54, 1.807) is 6.07 Å². The van der Waals surface area contributed by atoms with Crippen LogP contribution in [0.25, 0.3) is 0 Å². The van der Waals surface area contributed by atoms with Gasteiger partial charge < -0.3 is 19.9 Å². The molecule has 1 aromatic carbocycles. The number of phenols is 1. The van der Waals surface area contributed by atoms with Gasteiger partial charge in [0.1, 0.15) is 5.75 Å². The molecular weight excluding hydrogens is 408 g/mol. The molecule has 2 aromatic rings. The van der Waals surface area contributed by atoms with Crippen LogP contribution in [-0.4, -0.2) is 31.8 Å². The summed E-state index contributed by atoms with van der Waals surface area (Å²) >= 11 is 0. The topological polar surface area (TPSA) is 114 Å². The van der Waals surface area contributed by atoms with Crippen LogP contribution < -0.4 is 10.6 Å². The van der Waals surface area contributed by atoms with Gasteiger partial charge in [0.25, 0.3) is 11.6 Å². The number of hydrogen-bond donors (Lipinski definition) is 4. The van der Waals surface area contributed by atoms with E-state index >= 15 is 0 Å². The number of hydrogen-bond acceptors (Lipinski definition) is 3. The summed E-state index contributed by atoms with van der Waals surface area (Å²) in [5.74, 6) is -1.14. The molecule has 4 N–H and O–H groups in total. The number of fused-ring (bicyclic) bond motifs is 1. The van der Waals surface area contributed by atoms with Crippen molar-refractivity contribution in [3.63, 3.8) is 0 Å². The lowest BCUT2D eigenvalue weighted by Crippen LogP contribution is -2.77. The number of aliphatic hydroxyl groups excluding tert-OH is 1. The van der Waals surface area contributed by atoms with E-state index in [-0.39, 0.29) is 16.9 Å². The SMILES string of the molecule is O=C(O)[C@H]([NH+]=C(O)c1cc2c(n(CC3CCCCC3)c1=O)CCCC2)c1ccc(O)cc1. The molecule has 1 aromatic heterocycles. The second kappa shape index (κ2) is 9.59. The van der Waals surface area contributed by atoms with Crippen molar-refractivity contribution in [1.82, 2.24) is 4.57 Å². The van der Waals surface area contributed by atoms with Crippen molar-refractivity contribution in [1.29, 1.82) is 0 Å². The van der Waals surface area contributed by atoms with Crippen LogP contribution in [0.1, 0.15) is 73.4 Å². The third-order valence-electron chi connectivity index (χ3n) is 6.78. The summed E-state index contributed by atoms with van der Waals surface area (Å²) in [7, 11) is 0. The second-order valence-corrected chi connectivity index (χ2v) is 9.01. The number of benzene rings is 1. The van der Waals surface area contributed by atoms with Gasteiger partial charge in [0.2, 0.25) is 0 Å².